The Morgan fingerprint density at radius 3 is 2.33 bits per heavy atom. The van der Waals surface area contributed by atoms with Crippen molar-refractivity contribution >= 4 is 17.3 Å². The molecule has 138 valence electrons. The highest BCUT2D eigenvalue weighted by Gasteiger charge is 2.26. The summed E-state index contributed by atoms with van der Waals surface area (Å²) in [5.41, 5.74) is 2.86. The van der Waals surface area contributed by atoms with E-state index in [2.05, 4.69) is 20.4 Å². The quantitative estimate of drug-likeness (QED) is 0.517. The Kier molecular flexibility index (Phi) is 4.41. The molecule has 1 aromatic heterocycles. The van der Waals surface area contributed by atoms with Gasteiger partial charge in [0, 0.05) is 32.2 Å². The maximum Gasteiger partial charge on any atom is 0.292 e. The molecule has 0 atom stereocenters. The molecule has 0 radical (unpaired) electrons. The highest BCUT2D eigenvalue weighted by molar-refractivity contribution is 5.63. The summed E-state index contributed by atoms with van der Waals surface area (Å²) in [6, 6.07) is 14.9. The van der Waals surface area contributed by atoms with E-state index in [4.69, 9.17) is 0 Å². The molecular weight excluding hydrogens is 346 g/mol. The standard InChI is InChI=1S/C18H19N7O2/c1-14-6-8-15(9-7-14)24-18(19-20-21-24)23-12-10-22(11-13-23)16-4-2-3-5-17(16)25(26)27/h2-9H,10-13H2,1H3. The molecule has 0 saturated carbocycles. The van der Waals surface area contributed by atoms with Crippen LogP contribution in [0.5, 0.6) is 0 Å². The lowest BCUT2D eigenvalue weighted by Gasteiger charge is -2.35. The average Bonchev–Trinajstić information content (AvgIpc) is 3.18. The lowest BCUT2D eigenvalue weighted by molar-refractivity contribution is -0.384. The van der Waals surface area contributed by atoms with Crippen LogP contribution < -0.4 is 9.80 Å². The topological polar surface area (TPSA) is 93.2 Å². The van der Waals surface area contributed by atoms with Gasteiger partial charge in [0.2, 0.25) is 5.95 Å². The number of anilines is 2. The Balaban J connectivity index is 1.52. The molecule has 0 amide bonds. The summed E-state index contributed by atoms with van der Waals surface area (Å²) >= 11 is 0. The van der Waals surface area contributed by atoms with Gasteiger partial charge in [0.25, 0.3) is 5.69 Å². The van der Waals surface area contributed by atoms with Gasteiger partial charge in [-0.05, 0) is 35.5 Å². The monoisotopic (exact) mass is 365 g/mol. The number of para-hydroxylation sites is 2. The first-order chi connectivity index (χ1) is 13.1. The van der Waals surface area contributed by atoms with Crippen LogP contribution in [0.15, 0.2) is 48.5 Å². The number of hydrogen-bond donors (Lipinski definition) is 0. The first-order valence-electron chi connectivity index (χ1n) is 8.72. The van der Waals surface area contributed by atoms with Crippen molar-refractivity contribution in [2.24, 2.45) is 0 Å². The van der Waals surface area contributed by atoms with E-state index in [1.807, 2.05) is 42.2 Å². The molecule has 2 heterocycles. The number of hydrogen-bond acceptors (Lipinski definition) is 7. The molecule has 1 aliphatic rings. The van der Waals surface area contributed by atoms with E-state index in [-0.39, 0.29) is 10.6 Å². The average molecular weight is 365 g/mol. The zero-order valence-electron chi connectivity index (χ0n) is 14.9. The van der Waals surface area contributed by atoms with E-state index in [1.165, 1.54) is 5.56 Å². The number of nitro benzene ring substituents is 1. The van der Waals surface area contributed by atoms with Crippen LogP contribution in [0.1, 0.15) is 5.56 Å². The van der Waals surface area contributed by atoms with Crippen molar-refractivity contribution in [2.45, 2.75) is 6.92 Å². The van der Waals surface area contributed by atoms with Crippen molar-refractivity contribution < 1.29 is 4.92 Å². The SMILES string of the molecule is Cc1ccc(-n2nnnc2N2CCN(c3ccccc3[N+](=O)[O-])CC2)cc1. The molecule has 4 rings (SSSR count). The second-order valence-electron chi connectivity index (χ2n) is 6.45. The highest BCUT2D eigenvalue weighted by Crippen LogP contribution is 2.29. The molecule has 0 bridgehead atoms. The van der Waals surface area contributed by atoms with Crippen LogP contribution in [0, 0.1) is 17.0 Å². The number of piperazine rings is 1. The third kappa shape index (κ3) is 3.31. The molecule has 1 aliphatic heterocycles. The fourth-order valence-electron chi connectivity index (χ4n) is 3.27. The maximum absolute atomic E-state index is 11.3. The number of nitro groups is 1. The Bertz CT molecular complexity index is 946. The van der Waals surface area contributed by atoms with Gasteiger partial charge in [-0.15, -0.1) is 0 Å². The normalized spacial score (nSPS) is 14.4. The van der Waals surface area contributed by atoms with Crippen LogP contribution in [-0.2, 0) is 0 Å². The molecule has 0 aliphatic carbocycles. The second-order valence-corrected chi connectivity index (χ2v) is 6.45. The smallest absolute Gasteiger partial charge is 0.292 e. The minimum Gasteiger partial charge on any atom is -0.362 e. The second kappa shape index (κ2) is 7.02. The van der Waals surface area contributed by atoms with E-state index in [1.54, 1.807) is 22.9 Å². The lowest BCUT2D eigenvalue weighted by atomic mass is 10.2. The summed E-state index contributed by atoms with van der Waals surface area (Å²) in [6.07, 6.45) is 0. The number of nitrogens with zero attached hydrogens (tertiary/aromatic N) is 7. The Morgan fingerprint density at radius 2 is 1.63 bits per heavy atom. The molecule has 2 aromatic carbocycles. The van der Waals surface area contributed by atoms with Gasteiger partial charge in [-0.25, -0.2) is 0 Å². The minimum absolute atomic E-state index is 0.135. The van der Waals surface area contributed by atoms with Crippen molar-refractivity contribution in [3.63, 3.8) is 0 Å². The molecule has 3 aromatic rings. The summed E-state index contributed by atoms with van der Waals surface area (Å²) in [4.78, 5) is 15.1. The number of aryl methyl sites for hydroxylation is 1. The van der Waals surface area contributed by atoms with Crippen molar-refractivity contribution in [3.05, 3.63) is 64.2 Å². The predicted molar refractivity (Wildman–Crippen MR) is 101 cm³/mol. The number of rotatable bonds is 4. The van der Waals surface area contributed by atoms with Crippen molar-refractivity contribution in [1.82, 2.24) is 20.2 Å². The van der Waals surface area contributed by atoms with Crippen LogP contribution in [0.4, 0.5) is 17.3 Å². The van der Waals surface area contributed by atoms with Gasteiger partial charge in [0.05, 0.1) is 10.6 Å². The summed E-state index contributed by atoms with van der Waals surface area (Å²) < 4.78 is 1.72. The molecule has 9 nitrogen and oxygen atoms in total. The van der Waals surface area contributed by atoms with E-state index in [0.717, 1.165) is 5.69 Å². The fraction of sp³-hybridized carbons (Fsp3) is 0.278. The van der Waals surface area contributed by atoms with Crippen molar-refractivity contribution in [2.75, 3.05) is 36.0 Å². The van der Waals surface area contributed by atoms with Gasteiger partial charge >= 0.3 is 0 Å². The summed E-state index contributed by atoms with van der Waals surface area (Å²) in [7, 11) is 0. The number of benzene rings is 2. The summed E-state index contributed by atoms with van der Waals surface area (Å²) in [5.74, 6) is 0.682. The first kappa shape index (κ1) is 17.0. The summed E-state index contributed by atoms with van der Waals surface area (Å²) in [5, 5.41) is 23.4. The number of aromatic nitrogens is 4. The molecule has 0 unspecified atom stereocenters. The van der Waals surface area contributed by atoms with Crippen LogP contribution in [0.25, 0.3) is 5.69 Å². The lowest BCUT2D eigenvalue weighted by Crippen LogP contribution is -2.47. The van der Waals surface area contributed by atoms with Gasteiger partial charge < -0.3 is 9.80 Å². The molecule has 1 fully saturated rings. The molecule has 9 heteroatoms. The molecule has 27 heavy (non-hydrogen) atoms. The molecule has 0 N–H and O–H groups in total. The number of tetrazole rings is 1. The largest absolute Gasteiger partial charge is 0.362 e. The zero-order valence-corrected chi connectivity index (χ0v) is 14.9. The fourth-order valence-corrected chi connectivity index (χ4v) is 3.27. The van der Waals surface area contributed by atoms with E-state index in [9.17, 15) is 10.1 Å². The Labute approximate surface area is 156 Å². The minimum atomic E-state index is -0.334. The third-order valence-electron chi connectivity index (χ3n) is 4.71. The van der Waals surface area contributed by atoms with Crippen LogP contribution >= 0.6 is 0 Å². The predicted octanol–water partition coefficient (Wildman–Crippen LogP) is 2.21. The first-order valence-corrected chi connectivity index (χ1v) is 8.72. The van der Waals surface area contributed by atoms with E-state index >= 15 is 0 Å². The zero-order chi connectivity index (χ0) is 18.8. The molecular formula is C18H19N7O2. The summed E-state index contributed by atoms with van der Waals surface area (Å²) in [6.45, 7) is 4.71. The van der Waals surface area contributed by atoms with Gasteiger partial charge in [0.15, 0.2) is 0 Å². The van der Waals surface area contributed by atoms with E-state index < -0.39 is 0 Å². The van der Waals surface area contributed by atoms with Gasteiger partial charge in [-0.3, -0.25) is 10.1 Å². The van der Waals surface area contributed by atoms with Crippen LogP contribution in [0.2, 0.25) is 0 Å². The van der Waals surface area contributed by atoms with Gasteiger partial charge in [-0.2, -0.15) is 4.68 Å². The van der Waals surface area contributed by atoms with E-state index in [0.29, 0.717) is 37.8 Å². The Hall–Kier alpha value is -3.49. The highest BCUT2D eigenvalue weighted by atomic mass is 16.6. The maximum atomic E-state index is 11.3. The molecule has 0 spiro atoms. The Morgan fingerprint density at radius 1 is 0.963 bits per heavy atom. The van der Waals surface area contributed by atoms with Gasteiger partial charge in [0.1, 0.15) is 5.69 Å². The molecule has 1 saturated heterocycles. The van der Waals surface area contributed by atoms with Crippen molar-refractivity contribution in [1.29, 1.82) is 0 Å². The third-order valence-corrected chi connectivity index (χ3v) is 4.71. The van der Waals surface area contributed by atoms with Crippen molar-refractivity contribution in [3.8, 4) is 5.69 Å². The van der Waals surface area contributed by atoms with Crippen LogP contribution in [0.3, 0.4) is 0 Å². The van der Waals surface area contributed by atoms with Gasteiger partial charge in [-0.1, -0.05) is 34.9 Å². The van der Waals surface area contributed by atoms with Crippen LogP contribution in [-0.4, -0.2) is 51.3 Å².